The molecular weight excluding hydrogens is 401 g/mol. The number of amides is 1. The van der Waals surface area contributed by atoms with Gasteiger partial charge in [-0.1, -0.05) is 6.92 Å². The fourth-order valence-electron chi connectivity index (χ4n) is 2.49. The number of nitrogens with zero attached hydrogens (tertiary/aromatic N) is 5. The molecule has 3 heterocycles. The van der Waals surface area contributed by atoms with Crippen molar-refractivity contribution in [3.05, 3.63) is 29.6 Å². The molecule has 0 unspecified atom stereocenters. The predicted octanol–water partition coefficient (Wildman–Crippen LogP) is 1.34. The molecule has 3 aromatic heterocycles. The number of rotatable bonds is 4. The Morgan fingerprint density at radius 2 is 1.89 bits per heavy atom. The van der Waals surface area contributed by atoms with Crippen molar-refractivity contribution in [1.82, 2.24) is 24.7 Å². The quantitative estimate of drug-likeness (QED) is 0.681. The van der Waals surface area contributed by atoms with Crippen LogP contribution in [0.15, 0.2) is 23.1 Å². The number of aryl methyl sites for hydroxylation is 1. The van der Waals surface area contributed by atoms with Gasteiger partial charge in [0.2, 0.25) is 0 Å². The van der Waals surface area contributed by atoms with Gasteiger partial charge in [0.1, 0.15) is 16.9 Å². The molecule has 0 saturated carbocycles. The summed E-state index contributed by atoms with van der Waals surface area (Å²) >= 11 is 0. The fraction of sp³-hybridized carbons (Fsp3) is 0.267. The summed E-state index contributed by atoms with van der Waals surface area (Å²) in [7, 11) is -2.38. The lowest BCUT2D eigenvalue weighted by atomic mass is 10.2. The zero-order valence-electron chi connectivity index (χ0n) is 14.5. The van der Waals surface area contributed by atoms with Crippen LogP contribution in [0, 0.1) is 0 Å². The highest BCUT2D eigenvalue weighted by Gasteiger charge is 2.34. The monoisotopic (exact) mass is 414 g/mol. The number of imidazole rings is 1. The maximum Gasteiger partial charge on any atom is 0.435 e. The number of alkyl halides is 3. The Bertz CT molecular complexity index is 1200. The van der Waals surface area contributed by atoms with Crippen LogP contribution >= 0.6 is 0 Å². The van der Waals surface area contributed by atoms with Crippen LogP contribution in [0.4, 0.5) is 13.2 Å². The molecular formula is C15H13F3N6O3S. The number of hydrogen-bond donors (Lipinski definition) is 1. The van der Waals surface area contributed by atoms with Crippen molar-refractivity contribution in [2.24, 2.45) is 12.8 Å². The summed E-state index contributed by atoms with van der Waals surface area (Å²) in [5.41, 5.74) is 3.34. The lowest BCUT2D eigenvalue weighted by molar-refractivity contribution is -0.141. The Morgan fingerprint density at radius 3 is 2.46 bits per heavy atom. The van der Waals surface area contributed by atoms with Crippen LogP contribution in [0.3, 0.4) is 0 Å². The highest BCUT2D eigenvalue weighted by molar-refractivity contribution is 7.91. The number of aromatic nitrogens is 5. The third-order valence-corrected chi connectivity index (χ3v) is 5.70. The molecule has 13 heteroatoms. The summed E-state index contributed by atoms with van der Waals surface area (Å²) in [5, 5.41) is 6.65. The van der Waals surface area contributed by atoms with Crippen LogP contribution < -0.4 is 5.73 Å². The van der Waals surface area contributed by atoms with E-state index in [9.17, 15) is 26.4 Å². The number of carbonyl (C=O) groups excluding carboxylic acids is 1. The summed E-state index contributed by atoms with van der Waals surface area (Å²) in [5.74, 6) is -1.27. The van der Waals surface area contributed by atoms with Gasteiger partial charge in [0, 0.05) is 13.1 Å². The van der Waals surface area contributed by atoms with Gasteiger partial charge in [0.05, 0.1) is 10.6 Å². The van der Waals surface area contributed by atoms with E-state index >= 15 is 0 Å². The first-order valence-electron chi connectivity index (χ1n) is 7.77. The summed E-state index contributed by atoms with van der Waals surface area (Å²) in [6.07, 6.45) is -4.72. The molecule has 9 nitrogen and oxygen atoms in total. The van der Waals surface area contributed by atoms with Gasteiger partial charge in [0.25, 0.3) is 5.91 Å². The van der Waals surface area contributed by atoms with Gasteiger partial charge in [-0.25, -0.2) is 18.4 Å². The molecule has 2 N–H and O–H groups in total. The minimum atomic E-state index is -4.72. The zero-order chi connectivity index (χ0) is 20.9. The first kappa shape index (κ1) is 19.7. The number of pyridine rings is 1. The van der Waals surface area contributed by atoms with Crippen LogP contribution in [0.25, 0.3) is 22.7 Å². The first-order chi connectivity index (χ1) is 13.0. The van der Waals surface area contributed by atoms with Crippen molar-refractivity contribution in [1.29, 1.82) is 0 Å². The van der Waals surface area contributed by atoms with Crippen LogP contribution in [0.5, 0.6) is 0 Å². The normalized spacial score (nSPS) is 12.5. The van der Waals surface area contributed by atoms with Gasteiger partial charge >= 0.3 is 6.18 Å². The molecule has 0 spiro atoms. The van der Waals surface area contributed by atoms with Gasteiger partial charge in [-0.15, -0.1) is 10.2 Å². The molecule has 0 aliphatic heterocycles. The van der Waals surface area contributed by atoms with E-state index in [1.165, 1.54) is 18.5 Å². The molecule has 0 radical (unpaired) electrons. The zero-order valence-corrected chi connectivity index (χ0v) is 15.3. The second kappa shape index (κ2) is 6.51. The van der Waals surface area contributed by atoms with Crippen LogP contribution in [-0.2, 0) is 23.1 Å². The number of halogens is 3. The summed E-state index contributed by atoms with van der Waals surface area (Å²) in [4.78, 5) is 19.3. The molecule has 148 valence electrons. The van der Waals surface area contributed by atoms with E-state index in [-0.39, 0.29) is 39.0 Å². The molecule has 0 aliphatic rings. The summed E-state index contributed by atoms with van der Waals surface area (Å²) in [6.45, 7) is 1.41. The van der Waals surface area contributed by atoms with Crippen molar-refractivity contribution in [2.75, 3.05) is 5.75 Å². The van der Waals surface area contributed by atoms with E-state index in [0.29, 0.717) is 6.07 Å². The van der Waals surface area contributed by atoms with Crippen molar-refractivity contribution in [2.45, 2.75) is 18.0 Å². The van der Waals surface area contributed by atoms with Crippen molar-refractivity contribution in [3.63, 3.8) is 0 Å². The lowest BCUT2D eigenvalue weighted by Crippen LogP contribution is -2.16. The predicted molar refractivity (Wildman–Crippen MR) is 90.8 cm³/mol. The third-order valence-electron chi connectivity index (χ3n) is 3.94. The topological polar surface area (TPSA) is 134 Å². The lowest BCUT2D eigenvalue weighted by Gasteiger charge is -2.09. The average molecular weight is 414 g/mol. The number of primary amides is 1. The van der Waals surface area contributed by atoms with Gasteiger partial charge in [-0.05, 0) is 12.1 Å². The average Bonchev–Trinajstić information content (AvgIpc) is 2.96. The second-order valence-electron chi connectivity index (χ2n) is 5.74. The molecule has 0 saturated heterocycles. The van der Waals surface area contributed by atoms with E-state index < -0.39 is 27.6 Å². The number of fused-ring (bicyclic) bond motifs is 1. The fourth-order valence-corrected chi connectivity index (χ4v) is 3.50. The Morgan fingerprint density at radius 1 is 1.21 bits per heavy atom. The molecule has 0 bridgehead atoms. The molecule has 28 heavy (non-hydrogen) atoms. The van der Waals surface area contributed by atoms with Gasteiger partial charge in [0.15, 0.2) is 27.0 Å². The summed E-state index contributed by atoms with van der Waals surface area (Å²) < 4.78 is 64.7. The Balaban J connectivity index is 2.33. The van der Waals surface area contributed by atoms with Crippen LogP contribution in [-0.4, -0.2) is 44.8 Å². The third kappa shape index (κ3) is 3.28. The number of carbonyl (C=O) groups is 1. The number of sulfone groups is 1. The highest BCUT2D eigenvalue weighted by atomic mass is 32.2. The van der Waals surface area contributed by atoms with E-state index in [2.05, 4.69) is 20.2 Å². The highest BCUT2D eigenvalue weighted by Crippen LogP contribution is 2.31. The van der Waals surface area contributed by atoms with E-state index in [0.717, 1.165) is 12.1 Å². The SMILES string of the molecule is CCS(=O)(=O)c1ccc(C(N)=O)nc1-c1nc2cc(C(F)(F)F)nnc2n1C. The Kier molecular flexibility index (Phi) is 4.57. The van der Waals surface area contributed by atoms with Gasteiger partial charge in [-0.3, -0.25) is 4.79 Å². The van der Waals surface area contributed by atoms with Gasteiger partial charge < -0.3 is 10.3 Å². The standard InChI is InChI=1S/C15H13F3N6O3S/c1-3-28(26,27)9-5-4-7(12(19)25)20-11(9)14-21-8-6-10(15(16,17)18)22-23-13(8)24(14)2/h4-6H,3H2,1-2H3,(H2,19,25). The molecule has 1 amide bonds. The molecule has 0 fully saturated rings. The maximum absolute atomic E-state index is 12.9. The van der Waals surface area contributed by atoms with Crippen LogP contribution in [0.1, 0.15) is 23.1 Å². The van der Waals surface area contributed by atoms with Crippen molar-refractivity contribution < 1.29 is 26.4 Å². The second-order valence-corrected chi connectivity index (χ2v) is 7.99. The smallest absolute Gasteiger partial charge is 0.364 e. The first-order valence-corrected chi connectivity index (χ1v) is 9.42. The summed E-state index contributed by atoms with van der Waals surface area (Å²) in [6, 6.07) is 3.00. The Hall–Kier alpha value is -3.09. The van der Waals surface area contributed by atoms with E-state index in [4.69, 9.17) is 5.73 Å². The van der Waals surface area contributed by atoms with Crippen molar-refractivity contribution in [3.8, 4) is 11.5 Å². The van der Waals surface area contributed by atoms with E-state index in [1.54, 1.807) is 0 Å². The van der Waals surface area contributed by atoms with Gasteiger partial charge in [-0.2, -0.15) is 13.2 Å². The van der Waals surface area contributed by atoms with E-state index in [1.807, 2.05) is 0 Å². The minimum Gasteiger partial charge on any atom is -0.364 e. The largest absolute Gasteiger partial charge is 0.435 e. The molecule has 0 aliphatic carbocycles. The van der Waals surface area contributed by atoms with Crippen LogP contribution in [0.2, 0.25) is 0 Å². The minimum absolute atomic E-state index is 0.0193. The molecule has 0 atom stereocenters. The van der Waals surface area contributed by atoms with Crippen molar-refractivity contribution >= 4 is 26.9 Å². The molecule has 3 aromatic rings. The number of nitrogens with two attached hydrogens (primary N) is 1. The Labute approximate surface area is 156 Å². The molecule has 3 rings (SSSR count). The maximum atomic E-state index is 12.9. The number of hydrogen-bond acceptors (Lipinski definition) is 7. The molecule has 0 aromatic carbocycles.